The second-order valence-corrected chi connectivity index (χ2v) is 8.48. The molecule has 27 heavy (non-hydrogen) atoms. The molecule has 1 saturated heterocycles. The smallest absolute Gasteiger partial charge is 0.407 e. The summed E-state index contributed by atoms with van der Waals surface area (Å²) in [5, 5.41) is 10.6. The zero-order valence-electron chi connectivity index (χ0n) is 15.5. The van der Waals surface area contributed by atoms with E-state index in [1.807, 2.05) is 67.6 Å². The lowest BCUT2D eigenvalue weighted by molar-refractivity contribution is 0.0496. The molecule has 2 aromatic rings. The summed E-state index contributed by atoms with van der Waals surface area (Å²) in [7, 11) is 0. The number of benzene rings is 1. The largest absolute Gasteiger partial charge is 0.444 e. The van der Waals surface area contributed by atoms with E-state index in [0.29, 0.717) is 16.8 Å². The first-order valence-corrected chi connectivity index (χ1v) is 9.70. The molecule has 142 valence electrons. The van der Waals surface area contributed by atoms with Crippen molar-refractivity contribution in [3.8, 4) is 11.3 Å². The fraction of sp³-hybridized carbons (Fsp3) is 0.368. The Kier molecular flexibility index (Phi) is 5.64. The highest BCUT2D eigenvalue weighted by atomic mass is 127. The van der Waals surface area contributed by atoms with Crippen molar-refractivity contribution in [1.29, 1.82) is 5.41 Å². The third-order valence-corrected chi connectivity index (χ3v) is 4.58. The Morgan fingerprint density at radius 1 is 1.33 bits per heavy atom. The van der Waals surface area contributed by atoms with Gasteiger partial charge in [-0.05, 0) is 49.4 Å². The molecule has 0 bridgehead atoms. The SMILES string of the molecule is CC(C)(C)OC(=O)NC1CN(c2cncc(-c3cccc(C(=N)I)c3)n2)C1. The van der Waals surface area contributed by atoms with Crippen molar-refractivity contribution < 1.29 is 9.53 Å². The first-order valence-electron chi connectivity index (χ1n) is 8.62. The van der Waals surface area contributed by atoms with Crippen molar-refractivity contribution >= 4 is 38.2 Å². The van der Waals surface area contributed by atoms with E-state index < -0.39 is 11.7 Å². The molecule has 8 heteroatoms. The van der Waals surface area contributed by atoms with Gasteiger partial charge >= 0.3 is 6.09 Å². The zero-order valence-corrected chi connectivity index (χ0v) is 17.6. The van der Waals surface area contributed by atoms with Gasteiger partial charge in [0.1, 0.15) is 11.4 Å². The number of anilines is 1. The highest BCUT2D eigenvalue weighted by molar-refractivity contribution is 14.1. The second-order valence-electron chi connectivity index (χ2n) is 7.41. The van der Waals surface area contributed by atoms with Crippen molar-refractivity contribution in [1.82, 2.24) is 15.3 Å². The molecular weight excluding hydrogens is 457 g/mol. The molecule has 2 heterocycles. The van der Waals surface area contributed by atoms with Crippen LogP contribution in [0, 0.1) is 5.41 Å². The summed E-state index contributed by atoms with van der Waals surface area (Å²) in [5.41, 5.74) is 2.03. The van der Waals surface area contributed by atoms with Crippen molar-refractivity contribution in [2.45, 2.75) is 32.4 Å². The van der Waals surface area contributed by atoms with E-state index >= 15 is 0 Å². The van der Waals surface area contributed by atoms with Crippen LogP contribution in [-0.4, -0.2) is 44.5 Å². The number of hydrogen-bond donors (Lipinski definition) is 2. The van der Waals surface area contributed by atoms with E-state index in [2.05, 4.69) is 20.2 Å². The van der Waals surface area contributed by atoms with Crippen LogP contribution in [0.4, 0.5) is 10.6 Å². The van der Waals surface area contributed by atoms with Crippen molar-refractivity contribution in [2.75, 3.05) is 18.0 Å². The van der Waals surface area contributed by atoms with Crippen LogP contribution in [0.3, 0.4) is 0 Å². The average molecular weight is 479 g/mol. The summed E-state index contributed by atoms with van der Waals surface area (Å²) in [4.78, 5) is 22.9. The monoisotopic (exact) mass is 479 g/mol. The fourth-order valence-electron chi connectivity index (χ4n) is 2.69. The molecule has 1 amide bonds. The molecule has 1 aromatic heterocycles. The summed E-state index contributed by atoms with van der Waals surface area (Å²) in [6, 6.07) is 7.74. The van der Waals surface area contributed by atoms with Gasteiger partial charge in [-0.15, -0.1) is 0 Å². The fourth-order valence-corrected chi connectivity index (χ4v) is 3.03. The lowest BCUT2D eigenvalue weighted by atomic mass is 10.1. The highest BCUT2D eigenvalue weighted by Crippen LogP contribution is 2.24. The van der Waals surface area contributed by atoms with E-state index in [-0.39, 0.29) is 6.04 Å². The maximum Gasteiger partial charge on any atom is 0.407 e. The van der Waals surface area contributed by atoms with Gasteiger partial charge in [0, 0.05) is 24.2 Å². The predicted molar refractivity (Wildman–Crippen MR) is 114 cm³/mol. The normalized spacial score (nSPS) is 14.4. The van der Waals surface area contributed by atoms with E-state index in [9.17, 15) is 4.79 Å². The Morgan fingerprint density at radius 2 is 2.07 bits per heavy atom. The molecule has 1 fully saturated rings. The second kappa shape index (κ2) is 7.79. The Balaban J connectivity index is 1.64. The minimum atomic E-state index is -0.504. The molecule has 0 atom stereocenters. The molecular formula is C19H22IN5O2. The van der Waals surface area contributed by atoms with E-state index in [1.165, 1.54) is 0 Å². The van der Waals surface area contributed by atoms with Gasteiger partial charge in [-0.25, -0.2) is 9.78 Å². The number of nitrogens with one attached hydrogen (secondary N) is 2. The maximum atomic E-state index is 11.8. The van der Waals surface area contributed by atoms with Crippen LogP contribution in [0.1, 0.15) is 26.3 Å². The molecule has 0 unspecified atom stereocenters. The van der Waals surface area contributed by atoms with Crippen LogP contribution >= 0.6 is 22.6 Å². The topological polar surface area (TPSA) is 91.2 Å². The Morgan fingerprint density at radius 3 is 2.74 bits per heavy atom. The van der Waals surface area contributed by atoms with Gasteiger partial charge in [-0.2, -0.15) is 0 Å². The molecule has 2 N–H and O–H groups in total. The summed E-state index contributed by atoms with van der Waals surface area (Å²) >= 11 is 1.99. The Labute approximate surface area is 172 Å². The zero-order chi connectivity index (χ0) is 19.6. The number of carbonyl (C=O) groups excluding carboxylic acids is 1. The van der Waals surface area contributed by atoms with Gasteiger partial charge in [0.2, 0.25) is 0 Å². The van der Waals surface area contributed by atoms with Gasteiger partial charge in [-0.3, -0.25) is 10.4 Å². The van der Waals surface area contributed by atoms with Crippen molar-refractivity contribution in [3.63, 3.8) is 0 Å². The highest BCUT2D eigenvalue weighted by Gasteiger charge is 2.30. The number of ether oxygens (including phenoxy) is 1. The van der Waals surface area contributed by atoms with Crippen LogP contribution in [0.5, 0.6) is 0 Å². The lowest BCUT2D eigenvalue weighted by Crippen LogP contribution is -2.60. The van der Waals surface area contributed by atoms with E-state index in [0.717, 1.165) is 22.6 Å². The molecule has 0 saturated carbocycles. The van der Waals surface area contributed by atoms with Gasteiger partial charge in [0.05, 0.1) is 27.8 Å². The molecule has 7 nitrogen and oxygen atoms in total. The maximum absolute atomic E-state index is 11.8. The molecule has 0 spiro atoms. The third kappa shape index (κ3) is 5.15. The molecule has 3 rings (SSSR count). The summed E-state index contributed by atoms with van der Waals surface area (Å²) in [5.74, 6) is 0.768. The summed E-state index contributed by atoms with van der Waals surface area (Å²) in [6.07, 6.45) is 3.04. The van der Waals surface area contributed by atoms with Crippen molar-refractivity contribution in [3.05, 3.63) is 42.2 Å². The molecule has 0 radical (unpaired) electrons. The van der Waals surface area contributed by atoms with Gasteiger partial charge in [0.15, 0.2) is 0 Å². The summed E-state index contributed by atoms with van der Waals surface area (Å²) in [6.45, 7) is 6.85. The van der Waals surface area contributed by atoms with Gasteiger partial charge in [0.25, 0.3) is 0 Å². The molecule has 1 aliphatic heterocycles. The first kappa shape index (κ1) is 19.5. The molecule has 0 aliphatic carbocycles. The predicted octanol–water partition coefficient (Wildman–Crippen LogP) is 3.62. The third-order valence-electron chi connectivity index (χ3n) is 3.96. The van der Waals surface area contributed by atoms with Crippen LogP contribution < -0.4 is 10.2 Å². The number of aromatic nitrogens is 2. The Bertz CT molecular complexity index is 859. The standard InChI is InChI=1S/C19H22IN5O2/c1-19(2,3)27-18(26)23-14-10-25(11-14)16-9-22-8-15(24-16)12-5-4-6-13(7-12)17(20)21/h4-9,14,21H,10-11H2,1-3H3,(H,23,26). The van der Waals surface area contributed by atoms with Crippen LogP contribution in [0.15, 0.2) is 36.7 Å². The number of amides is 1. The first-order chi connectivity index (χ1) is 12.7. The molecule has 1 aliphatic rings. The average Bonchev–Trinajstić information content (AvgIpc) is 2.56. The van der Waals surface area contributed by atoms with Crippen LogP contribution in [-0.2, 0) is 4.74 Å². The number of halogens is 1. The van der Waals surface area contributed by atoms with E-state index in [1.54, 1.807) is 12.4 Å². The lowest BCUT2D eigenvalue weighted by Gasteiger charge is -2.40. The number of hydrogen-bond acceptors (Lipinski definition) is 6. The number of nitrogens with zero attached hydrogens (tertiary/aromatic N) is 3. The van der Waals surface area contributed by atoms with Gasteiger partial charge < -0.3 is 15.0 Å². The quantitative estimate of drug-likeness (QED) is 0.517. The Hall–Kier alpha value is -2.23. The van der Waals surface area contributed by atoms with Crippen molar-refractivity contribution in [2.24, 2.45) is 0 Å². The van der Waals surface area contributed by atoms with Crippen LogP contribution in [0.2, 0.25) is 0 Å². The number of alkyl carbamates (subject to hydrolysis) is 1. The van der Waals surface area contributed by atoms with E-state index in [4.69, 9.17) is 10.1 Å². The minimum Gasteiger partial charge on any atom is -0.444 e. The summed E-state index contributed by atoms with van der Waals surface area (Å²) < 4.78 is 5.76. The van der Waals surface area contributed by atoms with Gasteiger partial charge in [-0.1, -0.05) is 18.2 Å². The minimum absolute atomic E-state index is 0.0353. The molecule has 1 aromatic carbocycles. The number of carbonyl (C=O) groups is 1. The number of rotatable bonds is 4. The van der Waals surface area contributed by atoms with Crippen LogP contribution in [0.25, 0.3) is 11.3 Å².